The van der Waals surface area contributed by atoms with E-state index < -0.39 is 16.1 Å². The highest BCUT2D eigenvalue weighted by Gasteiger charge is 2.27. The fraction of sp³-hybridized carbons (Fsp3) is 0.182. The standard InChI is InChI=1S/C22H21NO6S/c1-14-7-9-16(10-8-14)23-30(25,26)20-6-4-3-5-17(20)21(24)15-11-18(27-2)22-19(12-15)28-13-29-22/h3-12,21,23-24H,13H2,1-2H3. The smallest absolute Gasteiger partial charge is 0.262 e. The molecule has 0 aromatic heterocycles. The second kappa shape index (κ2) is 7.89. The second-order valence-corrected chi connectivity index (χ2v) is 8.52. The number of hydrogen-bond donors (Lipinski definition) is 2. The summed E-state index contributed by atoms with van der Waals surface area (Å²) in [6.45, 7) is 1.97. The van der Waals surface area contributed by atoms with Gasteiger partial charge >= 0.3 is 0 Å². The van der Waals surface area contributed by atoms with E-state index in [1.54, 1.807) is 42.5 Å². The molecule has 1 aliphatic rings. The average Bonchev–Trinajstić information content (AvgIpc) is 3.23. The number of rotatable bonds is 6. The molecule has 0 radical (unpaired) electrons. The summed E-state index contributed by atoms with van der Waals surface area (Å²) >= 11 is 0. The molecule has 3 aromatic carbocycles. The van der Waals surface area contributed by atoms with Gasteiger partial charge < -0.3 is 19.3 Å². The van der Waals surface area contributed by atoms with Crippen molar-refractivity contribution in [3.8, 4) is 17.2 Å². The Morgan fingerprint density at radius 3 is 2.53 bits per heavy atom. The first-order valence-corrected chi connectivity index (χ1v) is 10.7. The number of methoxy groups -OCH3 is 1. The van der Waals surface area contributed by atoms with E-state index >= 15 is 0 Å². The first-order valence-electron chi connectivity index (χ1n) is 9.23. The molecule has 0 amide bonds. The summed E-state index contributed by atoms with van der Waals surface area (Å²) < 4.78 is 44.8. The summed E-state index contributed by atoms with van der Waals surface area (Å²) in [5.74, 6) is 1.29. The van der Waals surface area contributed by atoms with Crippen molar-refractivity contribution in [1.29, 1.82) is 0 Å². The number of aliphatic hydroxyl groups is 1. The molecule has 0 spiro atoms. The van der Waals surface area contributed by atoms with Gasteiger partial charge in [-0.05, 0) is 42.8 Å². The summed E-state index contributed by atoms with van der Waals surface area (Å²) in [5, 5.41) is 11.0. The molecule has 0 saturated carbocycles. The van der Waals surface area contributed by atoms with Crippen LogP contribution >= 0.6 is 0 Å². The Morgan fingerprint density at radius 2 is 1.80 bits per heavy atom. The molecule has 7 nitrogen and oxygen atoms in total. The molecule has 3 aromatic rings. The Bertz CT molecular complexity index is 1170. The van der Waals surface area contributed by atoms with E-state index in [4.69, 9.17) is 14.2 Å². The second-order valence-electron chi connectivity index (χ2n) is 6.87. The number of benzene rings is 3. The van der Waals surface area contributed by atoms with Crippen LogP contribution in [0.2, 0.25) is 0 Å². The van der Waals surface area contributed by atoms with Gasteiger partial charge in [-0.2, -0.15) is 0 Å². The molecule has 1 atom stereocenters. The lowest BCUT2D eigenvalue weighted by atomic mass is 10.0. The lowest BCUT2D eigenvalue weighted by Crippen LogP contribution is -2.16. The molecule has 1 heterocycles. The fourth-order valence-electron chi connectivity index (χ4n) is 3.27. The summed E-state index contributed by atoms with van der Waals surface area (Å²) in [5.41, 5.74) is 2.12. The minimum Gasteiger partial charge on any atom is -0.493 e. The monoisotopic (exact) mass is 427 g/mol. The van der Waals surface area contributed by atoms with Crippen LogP contribution < -0.4 is 18.9 Å². The van der Waals surface area contributed by atoms with Gasteiger partial charge in [0.25, 0.3) is 10.0 Å². The predicted octanol–water partition coefficient (Wildman–Crippen LogP) is 3.61. The zero-order valence-corrected chi connectivity index (χ0v) is 17.3. The molecule has 156 valence electrons. The molecule has 1 unspecified atom stereocenters. The van der Waals surface area contributed by atoms with Gasteiger partial charge in [-0.3, -0.25) is 4.72 Å². The van der Waals surface area contributed by atoms with Gasteiger partial charge in [-0.1, -0.05) is 35.9 Å². The van der Waals surface area contributed by atoms with Crippen LogP contribution in [0.25, 0.3) is 0 Å². The van der Waals surface area contributed by atoms with E-state index in [-0.39, 0.29) is 17.3 Å². The van der Waals surface area contributed by atoms with E-state index in [1.165, 1.54) is 13.2 Å². The van der Waals surface area contributed by atoms with Crippen LogP contribution in [-0.2, 0) is 10.0 Å². The quantitative estimate of drug-likeness (QED) is 0.624. The molecule has 2 N–H and O–H groups in total. The third-order valence-corrected chi connectivity index (χ3v) is 6.26. The van der Waals surface area contributed by atoms with Gasteiger partial charge in [0.2, 0.25) is 12.5 Å². The Balaban J connectivity index is 1.72. The maximum Gasteiger partial charge on any atom is 0.262 e. The zero-order chi connectivity index (χ0) is 21.3. The largest absolute Gasteiger partial charge is 0.493 e. The van der Waals surface area contributed by atoms with Crippen LogP contribution in [-0.4, -0.2) is 27.4 Å². The summed E-state index contributed by atoms with van der Waals surface area (Å²) in [7, 11) is -2.45. The maximum absolute atomic E-state index is 13.1. The number of sulfonamides is 1. The number of hydrogen-bond acceptors (Lipinski definition) is 6. The SMILES string of the molecule is COc1cc(C(O)c2ccccc2S(=O)(=O)Nc2ccc(C)cc2)cc2c1OCO2. The van der Waals surface area contributed by atoms with Crippen molar-refractivity contribution in [1.82, 2.24) is 0 Å². The van der Waals surface area contributed by atoms with Gasteiger partial charge in [-0.15, -0.1) is 0 Å². The molecule has 0 aliphatic carbocycles. The molecule has 0 saturated heterocycles. The van der Waals surface area contributed by atoms with Gasteiger partial charge in [0.15, 0.2) is 11.5 Å². The lowest BCUT2D eigenvalue weighted by Gasteiger charge is -2.18. The first kappa shape index (κ1) is 20.1. The van der Waals surface area contributed by atoms with Crippen molar-refractivity contribution >= 4 is 15.7 Å². The van der Waals surface area contributed by atoms with Crippen LogP contribution in [0.3, 0.4) is 0 Å². The van der Waals surface area contributed by atoms with Crippen LogP contribution in [0.15, 0.2) is 65.6 Å². The predicted molar refractivity (Wildman–Crippen MR) is 112 cm³/mol. The maximum atomic E-state index is 13.1. The van der Waals surface area contributed by atoms with Gasteiger partial charge in [0.05, 0.1) is 12.0 Å². The van der Waals surface area contributed by atoms with Crippen molar-refractivity contribution in [2.45, 2.75) is 17.9 Å². The highest BCUT2D eigenvalue weighted by atomic mass is 32.2. The number of fused-ring (bicyclic) bond motifs is 1. The Morgan fingerprint density at radius 1 is 1.07 bits per heavy atom. The van der Waals surface area contributed by atoms with E-state index in [1.807, 2.05) is 19.1 Å². The summed E-state index contributed by atoms with van der Waals surface area (Å²) in [6, 6.07) is 16.6. The average molecular weight is 427 g/mol. The number of aliphatic hydroxyl groups excluding tert-OH is 1. The number of nitrogens with one attached hydrogen (secondary N) is 1. The highest BCUT2D eigenvalue weighted by molar-refractivity contribution is 7.92. The minimum absolute atomic E-state index is 0.0188. The summed E-state index contributed by atoms with van der Waals surface area (Å²) in [6.07, 6.45) is -1.22. The number of aryl methyl sites for hydroxylation is 1. The Labute approximate surface area is 174 Å². The van der Waals surface area contributed by atoms with Gasteiger partial charge in [0, 0.05) is 11.3 Å². The molecular weight excluding hydrogens is 406 g/mol. The number of anilines is 1. The van der Waals surface area contributed by atoms with Crippen molar-refractivity contribution < 1.29 is 27.7 Å². The van der Waals surface area contributed by atoms with E-state index in [9.17, 15) is 13.5 Å². The highest BCUT2D eigenvalue weighted by Crippen LogP contribution is 2.44. The molecule has 0 fully saturated rings. The van der Waals surface area contributed by atoms with E-state index in [0.717, 1.165) is 5.56 Å². The van der Waals surface area contributed by atoms with Crippen molar-refractivity contribution in [3.63, 3.8) is 0 Å². The van der Waals surface area contributed by atoms with Crippen molar-refractivity contribution in [3.05, 3.63) is 77.4 Å². The van der Waals surface area contributed by atoms with Gasteiger partial charge in [-0.25, -0.2) is 8.42 Å². The normalized spacial score (nSPS) is 13.7. The molecule has 30 heavy (non-hydrogen) atoms. The third kappa shape index (κ3) is 3.79. The van der Waals surface area contributed by atoms with Crippen molar-refractivity contribution in [2.24, 2.45) is 0 Å². The summed E-state index contributed by atoms with van der Waals surface area (Å²) in [4.78, 5) is -0.0188. The molecule has 0 bridgehead atoms. The van der Waals surface area contributed by atoms with E-state index in [0.29, 0.717) is 28.5 Å². The number of ether oxygens (including phenoxy) is 3. The first-order chi connectivity index (χ1) is 14.4. The molecular formula is C22H21NO6S. The topological polar surface area (TPSA) is 94.1 Å². The molecule has 4 rings (SSSR count). The Kier molecular flexibility index (Phi) is 5.27. The van der Waals surface area contributed by atoms with Crippen molar-refractivity contribution in [2.75, 3.05) is 18.6 Å². The third-order valence-electron chi connectivity index (χ3n) is 4.80. The molecule has 8 heteroatoms. The van der Waals surface area contributed by atoms with Crippen LogP contribution in [0.4, 0.5) is 5.69 Å². The van der Waals surface area contributed by atoms with Crippen LogP contribution in [0, 0.1) is 6.92 Å². The van der Waals surface area contributed by atoms with E-state index in [2.05, 4.69) is 4.72 Å². The lowest BCUT2D eigenvalue weighted by molar-refractivity contribution is 0.171. The van der Waals surface area contributed by atoms with Crippen LogP contribution in [0.1, 0.15) is 22.8 Å². The fourth-order valence-corrected chi connectivity index (χ4v) is 4.57. The van der Waals surface area contributed by atoms with Gasteiger partial charge in [0.1, 0.15) is 6.10 Å². The Hall–Kier alpha value is -3.23. The zero-order valence-electron chi connectivity index (χ0n) is 16.5. The minimum atomic E-state index is -3.93. The van der Waals surface area contributed by atoms with Crippen LogP contribution in [0.5, 0.6) is 17.2 Å². The molecule has 1 aliphatic heterocycles.